The molecule has 0 aromatic heterocycles. The second kappa shape index (κ2) is 6.79. The number of hydrogen-bond donors (Lipinski definition) is 1. The zero-order valence-electron chi connectivity index (χ0n) is 13.6. The van der Waals surface area contributed by atoms with E-state index in [4.69, 9.17) is 16.9 Å². The van der Waals surface area contributed by atoms with Crippen LogP contribution < -0.4 is 15.8 Å². The smallest absolute Gasteiger partial charge is 0.106 e. The van der Waals surface area contributed by atoms with Gasteiger partial charge in [0.25, 0.3) is 0 Å². The SMILES string of the molecule is S=P(N/N=C1\CN2CCC1CC2)(c1ccccc1)c1ccccc1. The molecule has 2 bridgehead atoms. The summed E-state index contributed by atoms with van der Waals surface area (Å²) in [6.07, 6.45) is 0.337. The number of piperidine rings is 3. The predicted molar refractivity (Wildman–Crippen MR) is 106 cm³/mol. The van der Waals surface area contributed by atoms with Crippen LogP contribution in [-0.2, 0) is 11.8 Å². The summed E-state index contributed by atoms with van der Waals surface area (Å²) < 4.78 is 0. The van der Waals surface area contributed by atoms with Gasteiger partial charge in [0.2, 0.25) is 0 Å². The number of hydrogen-bond acceptors (Lipinski definition) is 3. The van der Waals surface area contributed by atoms with Crippen LogP contribution in [0, 0.1) is 5.92 Å². The van der Waals surface area contributed by atoms with Gasteiger partial charge in [-0.1, -0.05) is 72.5 Å². The molecule has 3 fully saturated rings. The Morgan fingerprint density at radius 2 is 1.46 bits per heavy atom. The molecular formula is C19H22N3PS. The second-order valence-corrected chi connectivity index (χ2v) is 10.6. The number of nitrogens with zero attached hydrogens (tertiary/aromatic N) is 2. The highest BCUT2D eigenvalue weighted by molar-refractivity contribution is 8.20. The van der Waals surface area contributed by atoms with Crippen molar-refractivity contribution >= 4 is 34.3 Å². The Bertz CT molecular complexity index is 724. The fourth-order valence-electron chi connectivity index (χ4n) is 3.58. The Labute approximate surface area is 148 Å². The first-order chi connectivity index (χ1) is 11.8. The minimum absolute atomic E-state index is 0.637. The molecule has 0 radical (unpaired) electrons. The van der Waals surface area contributed by atoms with E-state index in [-0.39, 0.29) is 0 Å². The molecule has 0 aliphatic carbocycles. The Kier molecular flexibility index (Phi) is 4.53. The van der Waals surface area contributed by atoms with Gasteiger partial charge in [-0.15, -0.1) is 0 Å². The van der Waals surface area contributed by atoms with Gasteiger partial charge in [-0.25, -0.2) is 0 Å². The minimum Gasteiger partial charge on any atom is -0.298 e. The highest BCUT2D eigenvalue weighted by Crippen LogP contribution is 2.39. The molecule has 3 heterocycles. The number of fused-ring (bicyclic) bond motifs is 3. The number of hydrazone groups is 1. The Morgan fingerprint density at radius 1 is 0.917 bits per heavy atom. The first-order valence-corrected chi connectivity index (χ1v) is 11.3. The van der Waals surface area contributed by atoms with Crippen LogP contribution in [0.25, 0.3) is 0 Å². The van der Waals surface area contributed by atoms with E-state index in [1.165, 1.54) is 31.6 Å². The molecule has 3 saturated heterocycles. The lowest BCUT2D eigenvalue weighted by molar-refractivity contribution is 0.200. The van der Waals surface area contributed by atoms with Crippen molar-refractivity contribution in [2.24, 2.45) is 11.0 Å². The summed E-state index contributed by atoms with van der Waals surface area (Å²) in [7, 11) is 0. The predicted octanol–water partition coefficient (Wildman–Crippen LogP) is 2.70. The van der Waals surface area contributed by atoms with Crippen LogP contribution in [0.2, 0.25) is 0 Å². The van der Waals surface area contributed by atoms with Crippen molar-refractivity contribution in [2.45, 2.75) is 12.8 Å². The number of nitrogens with one attached hydrogen (secondary N) is 1. The van der Waals surface area contributed by atoms with E-state index >= 15 is 0 Å². The molecule has 0 saturated carbocycles. The largest absolute Gasteiger partial charge is 0.298 e. The average molecular weight is 355 g/mol. The van der Waals surface area contributed by atoms with Crippen molar-refractivity contribution in [1.29, 1.82) is 0 Å². The molecule has 2 aromatic rings. The quantitative estimate of drug-likeness (QED) is 0.675. The topological polar surface area (TPSA) is 27.6 Å². The van der Waals surface area contributed by atoms with E-state index in [1.807, 2.05) is 12.1 Å². The third-order valence-electron chi connectivity index (χ3n) is 5.02. The zero-order chi connectivity index (χ0) is 16.4. The first kappa shape index (κ1) is 16.0. The first-order valence-electron chi connectivity index (χ1n) is 8.53. The van der Waals surface area contributed by atoms with Crippen LogP contribution in [0.1, 0.15) is 12.8 Å². The van der Waals surface area contributed by atoms with Crippen LogP contribution >= 0.6 is 6.19 Å². The fraction of sp³-hybridized carbons (Fsp3) is 0.316. The van der Waals surface area contributed by atoms with Gasteiger partial charge < -0.3 is 0 Å². The Balaban J connectivity index is 1.68. The second-order valence-electron chi connectivity index (χ2n) is 6.53. The van der Waals surface area contributed by atoms with Gasteiger partial charge in [0.1, 0.15) is 6.19 Å². The van der Waals surface area contributed by atoms with Crippen LogP contribution in [0.5, 0.6) is 0 Å². The van der Waals surface area contributed by atoms with E-state index < -0.39 is 6.19 Å². The lowest BCUT2D eigenvalue weighted by atomic mass is 9.87. The van der Waals surface area contributed by atoms with E-state index in [2.05, 4.69) is 58.6 Å². The van der Waals surface area contributed by atoms with Crippen molar-refractivity contribution < 1.29 is 0 Å². The van der Waals surface area contributed by atoms with Crippen molar-refractivity contribution in [3.05, 3.63) is 60.7 Å². The van der Waals surface area contributed by atoms with Crippen molar-refractivity contribution in [2.75, 3.05) is 19.6 Å². The van der Waals surface area contributed by atoms with Crippen molar-refractivity contribution in [1.82, 2.24) is 10.1 Å². The molecule has 3 aliphatic rings. The summed E-state index contributed by atoms with van der Waals surface area (Å²) in [6, 6.07) is 20.8. The molecule has 3 nitrogen and oxygen atoms in total. The normalized spacial score (nSPS) is 24.9. The van der Waals surface area contributed by atoms with Crippen molar-refractivity contribution in [3.8, 4) is 0 Å². The summed E-state index contributed by atoms with van der Waals surface area (Å²) in [4.78, 5) is 2.50. The minimum atomic E-state index is -2.14. The van der Waals surface area contributed by atoms with E-state index in [0.29, 0.717) is 5.92 Å². The third-order valence-corrected chi connectivity index (χ3v) is 8.96. The van der Waals surface area contributed by atoms with E-state index in [0.717, 1.165) is 17.2 Å². The molecule has 0 atom stereocenters. The molecule has 5 rings (SSSR count). The summed E-state index contributed by atoms with van der Waals surface area (Å²) in [5.41, 5.74) is 1.29. The van der Waals surface area contributed by atoms with Gasteiger partial charge in [-0.2, -0.15) is 5.10 Å². The molecule has 2 aromatic carbocycles. The van der Waals surface area contributed by atoms with Gasteiger partial charge in [-0.3, -0.25) is 10.1 Å². The van der Waals surface area contributed by atoms with Crippen LogP contribution in [0.4, 0.5) is 0 Å². The summed E-state index contributed by atoms with van der Waals surface area (Å²) in [5, 5.41) is 10.7. The van der Waals surface area contributed by atoms with Crippen LogP contribution in [0.3, 0.4) is 0 Å². The maximum atomic E-state index is 6.17. The molecule has 1 N–H and O–H groups in total. The molecule has 3 aliphatic heterocycles. The van der Waals surface area contributed by atoms with E-state index in [9.17, 15) is 0 Å². The molecule has 24 heavy (non-hydrogen) atoms. The highest BCUT2D eigenvalue weighted by Gasteiger charge is 2.31. The number of rotatable bonds is 4. The molecule has 0 unspecified atom stereocenters. The molecule has 5 heteroatoms. The van der Waals surface area contributed by atoms with Crippen molar-refractivity contribution in [3.63, 3.8) is 0 Å². The van der Waals surface area contributed by atoms with Crippen LogP contribution in [0.15, 0.2) is 65.8 Å². The lowest BCUT2D eigenvalue weighted by Gasteiger charge is -2.40. The third kappa shape index (κ3) is 3.06. The molecule has 124 valence electrons. The standard InChI is InChI=1S/C19H22N3PS/c24-23(17-7-3-1-4-8-17,18-9-5-2-6-10-18)21-20-19-15-22-13-11-16(19)12-14-22/h1-10,16H,11-15H2,(H,21,24)/b20-19+. The van der Waals surface area contributed by atoms with Gasteiger partial charge in [0.05, 0.1) is 5.71 Å². The monoisotopic (exact) mass is 355 g/mol. The Hall–Kier alpha value is -1.48. The molecular weight excluding hydrogens is 333 g/mol. The summed E-state index contributed by atoms with van der Waals surface area (Å²) in [5.74, 6) is 0.637. The highest BCUT2D eigenvalue weighted by atomic mass is 32.4. The van der Waals surface area contributed by atoms with Gasteiger partial charge >= 0.3 is 0 Å². The summed E-state index contributed by atoms with van der Waals surface area (Å²) >= 11 is 6.17. The van der Waals surface area contributed by atoms with Crippen LogP contribution in [-0.4, -0.2) is 30.2 Å². The maximum Gasteiger partial charge on any atom is 0.106 e. The van der Waals surface area contributed by atoms with Gasteiger partial charge in [0.15, 0.2) is 0 Å². The maximum absolute atomic E-state index is 6.17. The molecule has 0 spiro atoms. The van der Waals surface area contributed by atoms with Gasteiger partial charge in [0, 0.05) is 23.1 Å². The Morgan fingerprint density at radius 3 is 1.92 bits per heavy atom. The van der Waals surface area contributed by atoms with E-state index in [1.54, 1.807) is 0 Å². The zero-order valence-corrected chi connectivity index (χ0v) is 15.3. The lowest BCUT2D eigenvalue weighted by Crippen LogP contribution is -2.48. The van der Waals surface area contributed by atoms with Gasteiger partial charge in [-0.05, 0) is 25.9 Å². The average Bonchev–Trinajstić information content (AvgIpc) is 2.68. The molecule has 0 amide bonds. The number of benzene rings is 2. The summed E-state index contributed by atoms with van der Waals surface area (Å²) in [6.45, 7) is 3.43. The fourth-order valence-corrected chi connectivity index (χ4v) is 6.42.